The van der Waals surface area contributed by atoms with Gasteiger partial charge < -0.3 is 19.1 Å². The number of non-ortho nitro benzene ring substituents is 1. The monoisotopic (exact) mass is 434 g/mol. The molecule has 8 nitrogen and oxygen atoms in total. The molecule has 1 N–H and O–H groups in total. The molecule has 4 rings (SSSR count). The van der Waals surface area contributed by atoms with E-state index < -0.39 is 10.9 Å². The minimum absolute atomic E-state index is 0.00142. The zero-order valence-electron chi connectivity index (χ0n) is 17.3. The van der Waals surface area contributed by atoms with E-state index in [0.717, 1.165) is 34.6 Å². The zero-order valence-corrected chi connectivity index (χ0v) is 17.3. The standard InChI is InChI=1S/C24H22N2O6/c27-24(28)16-25-22-9-2-1-8-20(22)21-11-10-19(15-23(21)25)32-13-4-3-12-31-18-7-5-6-17(14-18)26(29)30/h1-2,5-11,14-15H,3-4,12-13,16H2,(H,27,28). The summed E-state index contributed by atoms with van der Waals surface area (Å²) in [5.74, 6) is 0.242. The van der Waals surface area contributed by atoms with E-state index in [4.69, 9.17) is 9.47 Å². The summed E-state index contributed by atoms with van der Waals surface area (Å²) in [7, 11) is 0. The highest BCUT2D eigenvalue weighted by atomic mass is 16.6. The zero-order chi connectivity index (χ0) is 22.5. The maximum Gasteiger partial charge on any atom is 0.323 e. The lowest BCUT2D eigenvalue weighted by Gasteiger charge is -2.09. The van der Waals surface area contributed by atoms with E-state index in [1.165, 1.54) is 12.1 Å². The Balaban J connectivity index is 1.35. The number of rotatable bonds is 10. The number of ether oxygens (including phenoxy) is 2. The van der Waals surface area contributed by atoms with Crippen LogP contribution in [0.25, 0.3) is 21.8 Å². The number of benzene rings is 3. The van der Waals surface area contributed by atoms with Gasteiger partial charge in [-0.3, -0.25) is 14.9 Å². The molecule has 32 heavy (non-hydrogen) atoms. The highest BCUT2D eigenvalue weighted by Crippen LogP contribution is 2.31. The average molecular weight is 434 g/mol. The predicted octanol–water partition coefficient (Wildman–Crippen LogP) is 5.03. The topological polar surface area (TPSA) is 104 Å². The first-order chi connectivity index (χ1) is 15.5. The van der Waals surface area contributed by atoms with Crippen molar-refractivity contribution in [2.45, 2.75) is 19.4 Å². The number of carboxylic acid groups (broad SMARTS) is 1. The molecule has 1 heterocycles. The molecule has 0 saturated heterocycles. The fraction of sp³-hybridized carbons (Fsp3) is 0.208. The van der Waals surface area contributed by atoms with Gasteiger partial charge in [-0.1, -0.05) is 24.3 Å². The minimum atomic E-state index is -0.900. The second-order valence-corrected chi connectivity index (χ2v) is 7.33. The molecule has 1 aromatic heterocycles. The summed E-state index contributed by atoms with van der Waals surface area (Å²) in [6.45, 7) is 0.780. The number of hydrogen-bond donors (Lipinski definition) is 1. The van der Waals surface area contributed by atoms with Crippen LogP contribution in [0.15, 0.2) is 66.7 Å². The summed E-state index contributed by atoms with van der Waals surface area (Å²) in [5, 5.41) is 22.1. The largest absolute Gasteiger partial charge is 0.494 e. The Hall–Kier alpha value is -4.07. The molecule has 0 fully saturated rings. The number of aliphatic carboxylic acids is 1. The van der Waals surface area contributed by atoms with Crippen LogP contribution in [0.2, 0.25) is 0 Å². The van der Waals surface area contributed by atoms with Crippen molar-refractivity contribution >= 4 is 33.5 Å². The smallest absolute Gasteiger partial charge is 0.323 e. The third-order valence-corrected chi connectivity index (χ3v) is 5.14. The van der Waals surface area contributed by atoms with E-state index in [1.807, 2.05) is 42.5 Å². The van der Waals surface area contributed by atoms with Crippen LogP contribution in [0.3, 0.4) is 0 Å². The van der Waals surface area contributed by atoms with Gasteiger partial charge in [-0.15, -0.1) is 0 Å². The number of fused-ring (bicyclic) bond motifs is 3. The molecule has 0 atom stereocenters. The summed E-state index contributed by atoms with van der Waals surface area (Å²) in [6, 6.07) is 19.6. The summed E-state index contributed by atoms with van der Waals surface area (Å²) >= 11 is 0. The first-order valence-corrected chi connectivity index (χ1v) is 10.3. The summed E-state index contributed by atoms with van der Waals surface area (Å²) in [5.41, 5.74) is 1.70. The lowest BCUT2D eigenvalue weighted by atomic mass is 10.1. The molecule has 0 bridgehead atoms. The Kier molecular flexibility index (Phi) is 6.21. The number of unbranched alkanes of at least 4 members (excludes halogenated alkanes) is 1. The number of aromatic nitrogens is 1. The first kappa shape index (κ1) is 21.2. The third-order valence-electron chi connectivity index (χ3n) is 5.14. The molecule has 4 aromatic rings. The van der Waals surface area contributed by atoms with Gasteiger partial charge in [0.15, 0.2) is 0 Å². The molecule has 0 amide bonds. The van der Waals surface area contributed by atoms with E-state index in [9.17, 15) is 20.0 Å². The van der Waals surface area contributed by atoms with Crippen molar-refractivity contribution in [3.63, 3.8) is 0 Å². The first-order valence-electron chi connectivity index (χ1n) is 10.3. The van der Waals surface area contributed by atoms with Gasteiger partial charge in [0, 0.05) is 28.4 Å². The molecule has 0 aliphatic carbocycles. The second-order valence-electron chi connectivity index (χ2n) is 7.33. The Bertz CT molecular complexity index is 1280. The number of nitro groups is 1. The molecule has 0 unspecified atom stereocenters. The quantitative estimate of drug-likeness (QED) is 0.213. The number of carbonyl (C=O) groups is 1. The van der Waals surface area contributed by atoms with E-state index in [-0.39, 0.29) is 12.2 Å². The molecule has 3 aromatic carbocycles. The lowest BCUT2D eigenvalue weighted by molar-refractivity contribution is -0.384. The molecule has 8 heteroatoms. The van der Waals surface area contributed by atoms with Crippen molar-refractivity contribution in [3.05, 3.63) is 76.8 Å². The van der Waals surface area contributed by atoms with Gasteiger partial charge in [0.05, 0.1) is 29.7 Å². The van der Waals surface area contributed by atoms with Crippen LogP contribution >= 0.6 is 0 Å². The van der Waals surface area contributed by atoms with Crippen molar-refractivity contribution in [2.75, 3.05) is 13.2 Å². The molecule has 0 aliphatic rings. The van der Waals surface area contributed by atoms with Crippen LogP contribution < -0.4 is 9.47 Å². The SMILES string of the molecule is O=C(O)Cn1c2ccccc2c2ccc(OCCCCOc3cccc([N+](=O)[O-])c3)cc21. The summed E-state index contributed by atoms with van der Waals surface area (Å²) < 4.78 is 13.2. The van der Waals surface area contributed by atoms with Crippen LogP contribution in [0.5, 0.6) is 11.5 Å². The number of para-hydroxylation sites is 1. The van der Waals surface area contributed by atoms with Gasteiger partial charge in [0.25, 0.3) is 5.69 Å². The summed E-state index contributed by atoms with van der Waals surface area (Å²) in [6.07, 6.45) is 1.47. The van der Waals surface area contributed by atoms with Crippen LogP contribution in [0.1, 0.15) is 12.8 Å². The normalized spacial score (nSPS) is 11.0. The van der Waals surface area contributed by atoms with Crippen LogP contribution in [0, 0.1) is 10.1 Å². The Morgan fingerprint density at radius 3 is 2.28 bits per heavy atom. The number of carboxylic acids is 1. The van der Waals surface area contributed by atoms with Gasteiger partial charge in [0.2, 0.25) is 0 Å². The maximum atomic E-state index is 11.4. The molecule has 164 valence electrons. The maximum absolute atomic E-state index is 11.4. The highest BCUT2D eigenvalue weighted by Gasteiger charge is 2.13. The number of nitrogens with zero attached hydrogens (tertiary/aromatic N) is 2. The Morgan fingerprint density at radius 1 is 0.875 bits per heavy atom. The molecular formula is C24H22N2O6. The molecule has 0 aliphatic heterocycles. The Morgan fingerprint density at radius 2 is 1.56 bits per heavy atom. The molecule has 0 saturated carbocycles. The molecule has 0 spiro atoms. The van der Waals surface area contributed by atoms with E-state index >= 15 is 0 Å². The van der Waals surface area contributed by atoms with E-state index in [2.05, 4.69) is 0 Å². The predicted molar refractivity (Wildman–Crippen MR) is 120 cm³/mol. The average Bonchev–Trinajstić information content (AvgIpc) is 3.09. The van der Waals surface area contributed by atoms with Crippen molar-refractivity contribution in [2.24, 2.45) is 0 Å². The van der Waals surface area contributed by atoms with Gasteiger partial charge in [-0.05, 0) is 37.1 Å². The van der Waals surface area contributed by atoms with Crippen molar-refractivity contribution < 1.29 is 24.3 Å². The van der Waals surface area contributed by atoms with Crippen molar-refractivity contribution in [1.29, 1.82) is 0 Å². The van der Waals surface area contributed by atoms with Crippen molar-refractivity contribution in [3.8, 4) is 11.5 Å². The molecule has 0 radical (unpaired) electrons. The minimum Gasteiger partial charge on any atom is -0.494 e. The van der Waals surface area contributed by atoms with Gasteiger partial charge in [-0.2, -0.15) is 0 Å². The van der Waals surface area contributed by atoms with E-state index in [0.29, 0.717) is 24.7 Å². The lowest BCUT2D eigenvalue weighted by Crippen LogP contribution is -2.08. The highest BCUT2D eigenvalue weighted by molar-refractivity contribution is 6.08. The van der Waals surface area contributed by atoms with Crippen molar-refractivity contribution in [1.82, 2.24) is 4.57 Å². The van der Waals surface area contributed by atoms with Gasteiger partial charge in [0.1, 0.15) is 18.0 Å². The number of nitro benzene ring substituents is 1. The fourth-order valence-electron chi connectivity index (χ4n) is 3.70. The van der Waals surface area contributed by atoms with Gasteiger partial charge >= 0.3 is 5.97 Å². The van der Waals surface area contributed by atoms with E-state index in [1.54, 1.807) is 16.7 Å². The van der Waals surface area contributed by atoms with Gasteiger partial charge in [-0.25, -0.2) is 0 Å². The number of hydrogen-bond acceptors (Lipinski definition) is 5. The van der Waals surface area contributed by atoms with Crippen LogP contribution in [0.4, 0.5) is 5.69 Å². The fourth-order valence-corrected chi connectivity index (χ4v) is 3.70. The Labute approximate surface area is 183 Å². The second kappa shape index (κ2) is 9.38. The van der Waals surface area contributed by atoms with Crippen LogP contribution in [-0.2, 0) is 11.3 Å². The molecular weight excluding hydrogens is 412 g/mol. The summed E-state index contributed by atoms with van der Waals surface area (Å²) in [4.78, 5) is 21.7. The van der Waals surface area contributed by atoms with Crippen LogP contribution in [-0.4, -0.2) is 33.8 Å². The third kappa shape index (κ3) is 4.64.